The number of rotatable bonds is 2. The lowest BCUT2D eigenvalue weighted by Gasteiger charge is -2.18. The topological polar surface area (TPSA) is 29.1 Å². The third-order valence-electron chi connectivity index (χ3n) is 3.78. The molecule has 0 aromatic heterocycles. The van der Waals surface area contributed by atoms with Gasteiger partial charge in [-0.15, -0.1) is 0 Å². The van der Waals surface area contributed by atoms with Gasteiger partial charge >= 0.3 is 0 Å². The van der Waals surface area contributed by atoms with E-state index >= 15 is 0 Å². The first kappa shape index (κ1) is 18.5. The minimum Gasteiger partial charge on any atom is -0.308 e. The Kier molecular flexibility index (Phi) is 5.88. The first-order chi connectivity index (χ1) is 11.9. The summed E-state index contributed by atoms with van der Waals surface area (Å²) in [4.78, 5) is 12.7. The molecule has 0 unspecified atom stereocenters. The fraction of sp³-hybridized carbons (Fsp3) is 0.105. The summed E-state index contributed by atoms with van der Waals surface area (Å²) in [5.74, 6) is -0.00380. The van der Waals surface area contributed by atoms with E-state index in [2.05, 4.69) is 5.32 Å². The highest BCUT2D eigenvalue weighted by molar-refractivity contribution is 6.42. The van der Waals surface area contributed by atoms with Crippen LogP contribution in [0.2, 0.25) is 20.1 Å². The Bertz CT molecular complexity index is 831. The van der Waals surface area contributed by atoms with E-state index in [-0.39, 0.29) is 5.78 Å². The fourth-order valence-corrected chi connectivity index (χ4v) is 3.15. The van der Waals surface area contributed by atoms with Crippen molar-refractivity contribution < 1.29 is 4.79 Å². The lowest BCUT2D eigenvalue weighted by atomic mass is 9.95. The molecular weight excluding hydrogens is 400 g/mol. The average molecular weight is 413 g/mol. The summed E-state index contributed by atoms with van der Waals surface area (Å²) in [6, 6.07) is 10.5. The van der Waals surface area contributed by atoms with E-state index in [4.69, 9.17) is 46.4 Å². The number of hydrogen-bond acceptors (Lipinski definition) is 2. The van der Waals surface area contributed by atoms with Crippen molar-refractivity contribution in [3.63, 3.8) is 0 Å². The molecule has 2 aromatic rings. The van der Waals surface area contributed by atoms with Gasteiger partial charge in [0.15, 0.2) is 5.78 Å². The Morgan fingerprint density at radius 1 is 0.720 bits per heavy atom. The molecule has 2 aromatic carbocycles. The number of benzene rings is 2. The van der Waals surface area contributed by atoms with E-state index < -0.39 is 0 Å². The number of ketones is 1. The number of piperidine rings is 1. The molecule has 1 fully saturated rings. The maximum absolute atomic E-state index is 12.7. The zero-order valence-corrected chi connectivity index (χ0v) is 16.0. The molecule has 0 spiro atoms. The first-order valence-corrected chi connectivity index (χ1v) is 9.02. The Morgan fingerprint density at radius 3 is 1.56 bits per heavy atom. The van der Waals surface area contributed by atoms with E-state index in [1.807, 2.05) is 24.3 Å². The molecule has 1 heterocycles. The van der Waals surface area contributed by atoms with Crippen LogP contribution in [-0.2, 0) is 4.79 Å². The van der Waals surface area contributed by atoms with Crippen molar-refractivity contribution in [3.05, 3.63) is 78.8 Å². The van der Waals surface area contributed by atoms with Crippen LogP contribution in [0.4, 0.5) is 0 Å². The summed E-state index contributed by atoms with van der Waals surface area (Å²) >= 11 is 23.9. The highest BCUT2D eigenvalue weighted by atomic mass is 35.5. The summed E-state index contributed by atoms with van der Waals surface area (Å²) in [6.45, 7) is 0.996. The van der Waals surface area contributed by atoms with Crippen molar-refractivity contribution >= 4 is 64.3 Å². The number of carbonyl (C=O) groups is 1. The Labute approximate surface area is 166 Å². The quantitative estimate of drug-likeness (QED) is 0.618. The molecule has 0 radical (unpaired) electrons. The number of hydrogen-bond donors (Lipinski definition) is 1. The third-order valence-corrected chi connectivity index (χ3v) is 5.26. The van der Waals surface area contributed by atoms with Gasteiger partial charge < -0.3 is 5.32 Å². The average Bonchev–Trinajstić information content (AvgIpc) is 2.58. The molecule has 6 heteroatoms. The molecular formula is C19H13Cl4NO. The second kappa shape index (κ2) is 7.94. The standard InChI is InChI=1S/C19H13Cl4NO/c20-15-3-1-11(7-17(15)22)5-13-9-24-10-14(19(13)25)6-12-2-4-16(21)18(23)8-12/h1-8,24H,9-10H2/b13-5-,14-6-. The van der Waals surface area contributed by atoms with E-state index in [1.165, 1.54) is 0 Å². The monoisotopic (exact) mass is 411 g/mol. The van der Waals surface area contributed by atoms with Crippen LogP contribution in [0.25, 0.3) is 12.2 Å². The number of Topliss-reactive ketones (excluding diaryl/α,β-unsaturated/α-hetero) is 1. The molecule has 25 heavy (non-hydrogen) atoms. The van der Waals surface area contributed by atoms with Gasteiger partial charge in [0.1, 0.15) is 0 Å². The van der Waals surface area contributed by atoms with E-state index in [1.54, 1.807) is 24.3 Å². The van der Waals surface area contributed by atoms with E-state index in [0.29, 0.717) is 44.3 Å². The Morgan fingerprint density at radius 2 is 1.16 bits per heavy atom. The van der Waals surface area contributed by atoms with E-state index in [0.717, 1.165) is 11.1 Å². The van der Waals surface area contributed by atoms with Crippen molar-refractivity contribution in [1.82, 2.24) is 5.32 Å². The number of nitrogens with one attached hydrogen (secondary N) is 1. The lowest BCUT2D eigenvalue weighted by Crippen LogP contribution is -2.32. The van der Waals surface area contributed by atoms with Gasteiger partial charge in [0, 0.05) is 24.2 Å². The zero-order valence-electron chi connectivity index (χ0n) is 13.0. The number of carbonyl (C=O) groups excluding carboxylic acids is 1. The van der Waals surface area contributed by atoms with Gasteiger partial charge in [-0.1, -0.05) is 58.5 Å². The molecule has 3 rings (SSSR count). The molecule has 1 N–H and O–H groups in total. The maximum atomic E-state index is 12.7. The van der Waals surface area contributed by atoms with Crippen LogP contribution < -0.4 is 5.32 Å². The molecule has 0 atom stereocenters. The molecule has 1 aliphatic heterocycles. The van der Waals surface area contributed by atoms with Crippen LogP contribution in [0.3, 0.4) is 0 Å². The van der Waals surface area contributed by atoms with Crippen LogP contribution in [0.5, 0.6) is 0 Å². The van der Waals surface area contributed by atoms with Crippen molar-refractivity contribution in [2.24, 2.45) is 0 Å². The van der Waals surface area contributed by atoms with Gasteiger partial charge in [0.2, 0.25) is 0 Å². The van der Waals surface area contributed by atoms with Crippen molar-refractivity contribution in [1.29, 1.82) is 0 Å². The molecule has 0 aliphatic carbocycles. The van der Waals surface area contributed by atoms with E-state index in [9.17, 15) is 4.79 Å². The van der Waals surface area contributed by atoms with Gasteiger partial charge in [-0.2, -0.15) is 0 Å². The minimum absolute atomic E-state index is 0.00380. The smallest absolute Gasteiger partial charge is 0.187 e. The normalized spacial score (nSPS) is 18.2. The molecule has 0 saturated carbocycles. The van der Waals surface area contributed by atoms with Gasteiger partial charge in [-0.05, 0) is 47.5 Å². The van der Waals surface area contributed by atoms with Crippen LogP contribution in [0, 0.1) is 0 Å². The predicted octanol–water partition coefficient (Wildman–Crippen LogP) is 5.94. The number of halogens is 4. The van der Waals surface area contributed by atoms with Crippen LogP contribution in [-0.4, -0.2) is 18.9 Å². The summed E-state index contributed by atoms with van der Waals surface area (Å²) in [5, 5.41) is 5.11. The fourth-order valence-electron chi connectivity index (χ4n) is 2.54. The molecule has 0 amide bonds. The summed E-state index contributed by atoms with van der Waals surface area (Å²) < 4.78 is 0. The largest absolute Gasteiger partial charge is 0.308 e. The van der Waals surface area contributed by atoms with Crippen molar-refractivity contribution in [3.8, 4) is 0 Å². The molecule has 0 bridgehead atoms. The summed E-state index contributed by atoms with van der Waals surface area (Å²) in [6.07, 6.45) is 3.64. The molecule has 2 nitrogen and oxygen atoms in total. The summed E-state index contributed by atoms with van der Waals surface area (Å²) in [5.41, 5.74) is 2.98. The third kappa shape index (κ3) is 4.46. The zero-order chi connectivity index (χ0) is 18.0. The Balaban J connectivity index is 1.89. The first-order valence-electron chi connectivity index (χ1n) is 7.51. The lowest BCUT2D eigenvalue weighted by molar-refractivity contribution is -0.112. The van der Waals surface area contributed by atoms with Gasteiger partial charge in [-0.25, -0.2) is 0 Å². The summed E-state index contributed by atoms with van der Waals surface area (Å²) in [7, 11) is 0. The van der Waals surface area contributed by atoms with Crippen molar-refractivity contribution in [2.75, 3.05) is 13.1 Å². The highest BCUT2D eigenvalue weighted by Gasteiger charge is 2.20. The minimum atomic E-state index is -0.00380. The van der Waals surface area contributed by atoms with Crippen LogP contribution >= 0.6 is 46.4 Å². The SMILES string of the molecule is O=C1/C(=C\c2ccc(Cl)c(Cl)c2)CNC/C1=C/c1ccc(Cl)c(Cl)c1. The van der Waals surface area contributed by atoms with Gasteiger partial charge in [0.05, 0.1) is 20.1 Å². The molecule has 1 aliphatic rings. The van der Waals surface area contributed by atoms with Crippen molar-refractivity contribution in [2.45, 2.75) is 0 Å². The Hall–Kier alpha value is -1.29. The molecule has 128 valence electrons. The molecule has 1 saturated heterocycles. The second-order valence-corrected chi connectivity index (χ2v) is 7.25. The predicted molar refractivity (Wildman–Crippen MR) is 107 cm³/mol. The maximum Gasteiger partial charge on any atom is 0.187 e. The van der Waals surface area contributed by atoms with Crippen LogP contribution in [0.15, 0.2) is 47.5 Å². The highest BCUT2D eigenvalue weighted by Crippen LogP contribution is 2.26. The van der Waals surface area contributed by atoms with Gasteiger partial charge in [-0.3, -0.25) is 4.79 Å². The van der Waals surface area contributed by atoms with Crippen LogP contribution in [0.1, 0.15) is 11.1 Å². The second-order valence-electron chi connectivity index (χ2n) is 5.62. The van der Waals surface area contributed by atoms with Gasteiger partial charge in [0.25, 0.3) is 0 Å².